The van der Waals surface area contributed by atoms with Crippen LogP contribution in [-0.2, 0) is 16.2 Å². The largest absolute Gasteiger partial charge is 0.478 e. The van der Waals surface area contributed by atoms with Gasteiger partial charge in [-0.15, -0.1) is 0 Å². The van der Waals surface area contributed by atoms with Gasteiger partial charge in [-0.1, -0.05) is 30.0 Å². The zero-order valence-electron chi connectivity index (χ0n) is 16.6. The van der Waals surface area contributed by atoms with Crippen LogP contribution in [0.4, 0.5) is 18.9 Å². The molecule has 0 aliphatic heterocycles. The number of carbonyl (C=O) groups is 1. The number of halogens is 3. The predicted molar refractivity (Wildman–Crippen MR) is 113 cm³/mol. The molecule has 0 amide bonds. The van der Waals surface area contributed by atoms with Crippen molar-refractivity contribution in [3.05, 3.63) is 95.1 Å². The van der Waals surface area contributed by atoms with Gasteiger partial charge < -0.3 is 5.11 Å². The molecule has 0 aliphatic rings. The highest BCUT2D eigenvalue weighted by molar-refractivity contribution is 7.92. The van der Waals surface area contributed by atoms with E-state index in [2.05, 4.69) is 11.8 Å². The zero-order chi connectivity index (χ0) is 23.5. The summed E-state index contributed by atoms with van der Waals surface area (Å²) < 4.78 is 65.2. The quantitative estimate of drug-likeness (QED) is 0.578. The average Bonchev–Trinajstić information content (AvgIpc) is 2.77. The third-order valence-electron chi connectivity index (χ3n) is 4.53. The predicted octanol–water partition coefficient (Wildman–Crippen LogP) is 4.63. The lowest BCUT2D eigenvalue weighted by molar-refractivity contribution is -0.137. The second kappa shape index (κ2) is 8.77. The molecule has 0 bridgehead atoms. The molecule has 0 spiro atoms. The van der Waals surface area contributed by atoms with E-state index in [0.717, 1.165) is 16.4 Å². The fourth-order valence-corrected chi connectivity index (χ4v) is 4.20. The van der Waals surface area contributed by atoms with Crippen molar-refractivity contribution < 1.29 is 31.5 Å². The number of benzene rings is 3. The average molecular weight is 459 g/mol. The number of aromatic carboxylic acids is 1. The molecule has 0 aromatic heterocycles. The Morgan fingerprint density at radius 2 is 1.53 bits per heavy atom. The maximum absolute atomic E-state index is 12.9. The summed E-state index contributed by atoms with van der Waals surface area (Å²) in [5, 5.41) is 9.27. The maximum atomic E-state index is 12.9. The number of alkyl halides is 3. The van der Waals surface area contributed by atoms with Crippen molar-refractivity contribution >= 4 is 21.7 Å². The van der Waals surface area contributed by atoms with Crippen molar-refractivity contribution in [1.29, 1.82) is 0 Å². The molecule has 3 aromatic rings. The highest BCUT2D eigenvalue weighted by atomic mass is 32.2. The van der Waals surface area contributed by atoms with E-state index in [0.29, 0.717) is 5.56 Å². The Hall–Kier alpha value is -3.77. The van der Waals surface area contributed by atoms with E-state index in [9.17, 15) is 31.5 Å². The number of carboxylic acids is 1. The minimum absolute atomic E-state index is 0.189. The molecule has 0 saturated carbocycles. The molecule has 0 aliphatic carbocycles. The summed E-state index contributed by atoms with van der Waals surface area (Å²) in [6.45, 7) is 0. The van der Waals surface area contributed by atoms with E-state index in [-0.39, 0.29) is 21.7 Å². The molecule has 1 N–H and O–H groups in total. The highest BCUT2D eigenvalue weighted by Gasteiger charge is 2.30. The summed E-state index contributed by atoms with van der Waals surface area (Å²) in [6, 6.07) is 15.9. The molecule has 0 unspecified atom stereocenters. The van der Waals surface area contributed by atoms with Crippen molar-refractivity contribution in [1.82, 2.24) is 0 Å². The van der Waals surface area contributed by atoms with E-state index < -0.39 is 27.7 Å². The molecule has 0 radical (unpaired) electrons. The molecule has 3 aromatic carbocycles. The van der Waals surface area contributed by atoms with E-state index in [1.807, 2.05) is 0 Å². The number of sulfonamides is 1. The summed E-state index contributed by atoms with van der Waals surface area (Å²) in [5.41, 5.74) is -0.234. The Bertz CT molecular complexity index is 1320. The van der Waals surface area contributed by atoms with Crippen molar-refractivity contribution in [2.24, 2.45) is 0 Å². The molecule has 0 heterocycles. The Morgan fingerprint density at radius 3 is 2.16 bits per heavy atom. The van der Waals surface area contributed by atoms with Crippen LogP contribution in [0.5, 0.6) is 0 Å². The van der Waals surface area contributed by atoms with E-state index in [1.165, 1.54) is 67.7 Å². The van der Waals surface area contributed by atoms with Crippen molar-refractivity contribution in [3.8, 4) is 11.8 Å². The monoisotopic (exact) mass is 459 g/mol. The van der Waals surface area contributed by atoms with Gasteiger partial charge in [0.2, 0.25) is 0 Å². The smallest absolute Gasteiger partial charge is 0.416 e. The van der Waals surface area contributed by atoms with Crippen LogP contribution in [0.2, 0.25) is 0 Å². The van der Waals surface area contributed by atoms with Gasteiger partial charge in [-0.3, -0.25) is 4.31 Å². The van der Waals surface area contributed by atoms with Crippen molar-refractivity contribution in [2.75, 3.05) is 11.4 Å². The molecule has 164 valence electrons. The van der Waals surface area contributed by atoms with Gasteiger partial charge in [-0.05, 0) is 54.6 Å². The van der Waals surface area contributed by atoms with Crippen LogP contribution < -0.4 is 4.31 Å². The summed E-state index contributed by atoms with van der Waals surface area (Å²) >= 11 is 0. The molecular weight excluding hydrogens is 443 g/mol. The molecule has 0 atom stereocenters. The topological polar surface area (TPSA) is 74.7 Å². The van der Waals surface area contributed by atoms with Gasteiger partial charge in [0, 0.05) is 18.2 Å². The van der Waals surface area contributed by atoms with Gasteiger partial charge in [-0.25, -0.2) is 13.2 Å². The SMILES string of the molecule is CN(c1ccc(C#Cc2cccc(C(F)(F)F)c2)cc1)S(=O)(=O)c1ccccc1C(=O)O. The van der Waals surface area contributed by atoms with Gasteiger partial charge in [0.1, 0.15) is 4.90 Å². The number of hydrogen-bond acceptors (Lipinski definition) is 3. The molecular formula is C23H16F3NO4S. The third-order valence-corrected chi connectivity index (χ3v) is 6.37. The molecule has 9 heteroatoms. The first kappa shape index (κ1) is 22.9. The fraction of sp³-hybridized carbons (Fsp3) is 0.0870. The van der Waals surface area contributed by atoms with Crippen molar-refractivity contribution in [3.63, 3.8) is 0 Å². The van der Waals surface area contributed by atoms with Gasteiger partial charge in [0.05, 0.1) is 16.8 Å². The lowest BCUT2D eigenvalue weighted by atomic mass is 10.1. The Balaban J connectivity index is 1.86. The van der Waals surface area contributed by atoms with Crippen LogP contribution in [0, 0.1) is 11.8 Å². The minimum Gasteiger partial charge on any atom is -0.478 e. The van der Waals surface area contributed by atoms with Crippen LogP contribution in [0.15, 0.2) is 77.7 Å². The van der Waals surface area contributed by atoms with Crippen LogP contribution in [0.25, 0.3) is 0 Å². The number of rotatable bonds is 4. The van der Waals surface area contributed by atoms with Crippen LogP contribution >= 0.6 is 0 Å². The highest BCUT2D eigenvalue weighted by Crippen LogP contribution is 2.29. The zero-order valence-corrected chi connectivity index (χ0v) is 17.4. The fourth-order valence-electron chi connectivity index (χ4n) is 2.83. The Morgan fingerprint density at radius 1 is 0.906 bits per heavy atom. The van der Waals surface area contributed by atoms with E-state index >= 15 is 0 Å². The normalized spacial score (nSPS) is 11.4. The molecule has 32 heavy (non-hydrogen) atoms. The van der Waals surface area contributed by atoms with Crippen LogP contribution in [0.3, 0.4) is 0 Å². The summed E-state index contributed by atoms with van der Waals surface area (Å²) in [6.07, 6.45) is -4.46. The number of nitrogens with zero attached hydrogens (tertiary/aromatic N) is 1. The first-order chi connectivity index (χ1) is 15.0. The Labute approximate surface area is 182 Å². The van der Waals surface area contributed by atoms with Gasteiger partial charge in [-0.2, -0.15) is 13.2 Å². The standard InChI is InChI=1S/C23H16F3NO4S/c1-27(32(30,31)21-8-3-2-7-20(21)22(28)29)19-13-11-16(12-14-19)9-10-17-5-4-6-18(15-17)23(24,25)26/h2-8,11-15H,1H3,(H,28,29). The Kier molecular flexibility index (Phi) is 6.27. The van der Waals surface area contributed by atoms with Crippen LogP contribution in [0.1, 0.15) is 27.0 Å². The van der Waals surface area contributed by atoms with Gasteiger partial charge in [0.15, 0.2) is 0 Å². The van der Waals surface area contributed by atoms with E-state index in [1.54, 1.807) is 0 Å². The molecule has 0 saturated heterocycles. The second-order valence-corrected chi connectivity index (χ2v) is 8.59. The first-order valence-corrected chi connectivity index (χ1v) is 10.5. The van der Waals surface area contributed by atoms with E-state index in [4.69, 9.17) is 0 Å². The second-order valence-electron chi connectivity index (χ2n) is 6.65. The summed E-state index contributed by atoms with van der Waals surface area (Å²) in [4.78, 5) is 11.0. The van der Waals surface area contributed by atoms with Gasteiger partial charge in [0.25, 0.3) is 10.0 Å². The number of anilines is 1. The summed E-state index contributed by atoms with van der Waals surface area (Å²) in [5.74, 6) is 4.03. The first-order valence-electron chi connectivity index (χ1n) is 9.11. The van der Waals surface area contributed by atoms with Gasteiger partial charge >= 0.3 is 12.1 Å². The lowest BCUT2D eigenvalue weighted by Crippen LogP contribution is -2.28. The molecule has 3 rings (SSSR count). The molecule has 5 nitrogen and oxygen atoms in total. The third kappa shape index (κ3) is 4.92. The maximum Gasteiger partial charge on any atom is 0.416 e. The molecule has 0 fully saturated rings. The van der Waals surface area contributed by atoms with Crippen LogP contribution in [-0.4, -0.2) is 26.5 Å². The van der Waals surface area contributed by atoms with Crippen molar-refractivity contribution in [2.45, 2.75) is 11.1 Å². The summed E-state index contributed by atoms with van der Waals surface area (Å²) in [7, 11) is -2.86. The lowest BCUT2D eigenvalue weighted by Gasteiger charge is -2.20. The number of carboxylic acid groups (broad SMARTS) is 1. The number of hydrogen-bond donors (Lipinski definition) is 1. The minimum atomic E-state index is -4.46.